The molecule has 0 aliphatic rings. The number of thiazole rings is 2. The molecule has 0 spiro atoms. The lowest BCUT2D eigenvalue weighted by Crippen LogP contribution is -2.46. The molecule has 0 fully saturated rings. The zero-order chi connectivity index (χ0) is 41.2. The fourth-order valence-corrected chi connectivity index (χ4v) is 8.56. The third-order valence-electron chi connectivity index (χ3n) is 8.81. The van der Waals surface area contributed by atoms with Gasteiger partial charge in [0.1, 0.15) is 18.9 Å². The number of carboxylic acids is 1. The van der Waals surface area contributed by atoms with Crippen molar-refractivity contribution in [2.45, 2.75) is 45.1 Å². The molecule has 3 aromatic heterocycles. The van der Waals surface area contributed by atoms with Crippen LogP contribution in [0.5, 0.6) is 5.75 Å². The van der Waals surface area contributed by atoms with Crippen molar-refractivity contribution >= 4 is 83.2 Å². The Hall–Kier alpha value is -4.92. The largest absolute Gasteiger partial charge is 0.491 e. The van der Waals surface area contributed by atoms with Crippen molar-refractivity contribution in [1.29, 1.82) is 0 Å². The summed E-state index contributed by atoms with van der Waals surface area (Å²) >= 11 is 2.67. The van der Waals surface area contributed by atoms with Gasteiger partial charge in [-0.2, -0.15) is 8.42 Å². The van der Waals surface area contributed by atoms with E-state index >= 15 is 0 Å². The van der Waals surface area contributed by atoms with Crippen molar-refractivity contribution in [3.8, 4) is 5.75 Å². The van der Waals surface area contributed by atoms with Crippen molar-refractivity contribution in [2.75, 3.05) is 56.3 Å². The minimum absolute atomic E-state index is 0.0328. The van der Waals surface area contributed by atoms with Gasteiger partial charge < -0.3 is 29.6 Å². The van der Waals surface area contributed by atoms with Crippen LogP contribution in [0.3, 0.4) is 0 Å². The first-order chi connectivity index (χ1) is 27.1. The van der Waals surface area contributed by atoms with Crippen LogP contribution in [0.25, 0.3) is 16.3 Å². The molecule has 0 aliphatic heterocycles. The SMILES string of the molecule is Cc1cc(N(CCCC(O)C[N+](C)(C)CCCS(=O)(=O)O)c2nc(C(=O)O)c(CCCOc3ccc(/C=C/C=O)cc3F)s2)nnc1Nc1nc2ccccc2s1. The Bertz CT molecular complexity index is 2280. The summed E-state index contributed by atoms with van der Waals surface area (Å²) in [5.74, 6) is -1.21. The van der Waals surface area contributed by atoms with Gasteiger partial charge in [0.05, 0.1) is 43.2 Å². The molecule has 1 atom stereocenters. The fraction of sp³-hybridized carbons (Fsp3) is 0.368. The predicted octanol–water partition coefficient (Wildman–Crippen LogP) is 6.29. The molecule has 4 N–H and O–H groups in total. The molecular formula is C38H45FN7O8S3+. The lowest BCUT2D eigenvalue weighted by Gasteiger charge is -2.32. The van der Waals surface area contributed by atoms with E-state index in [4.69, 9.17) is 9.29 Å². The normalized spacial score (nSPS) is 12.6. The Labute approximate surface area is 337 Å². The quantitative estimate of drug-likeness (QED) is 0.0199. The number of aldehydes is 1. The number of aliphatic hydroxyl groups excluding tert-OH is 1. The summed E-state index contributed by atoms with van der Waals surface area (Å²) in [6.45, 7) is 3.05. The lowest BCUT2D eigenvalue weighted by atomic mass is 10.1. The zero-order valence-electron chi connectivity index (χ0n) is 31.7. The molecule has 5 rings (SSSR count). The number of benzene rings is 2. The first-order valence-electron chi connectivity index (χ1n) is 18.1. The first-order valence-corrected chi connectivity index (χ1v) is 21.3. The minimum atomic E-state index is -4.08. The second kappa shape index (κ2) is 19.5. The second-order valence-corrected chi connectivity index (χ2v) is 17.7. The summed E-state index contributed by atoms with van der Waals surface area (Å²) in [6.07, 6.45) is 4.31. The highest BCUT2D eigenvalue weighted by Gasteiger charge is 2.25. The van der Waals surface area contributed by atoms with Gasteiger partial charge in [-0.05, 0) is 80.1 Å². The zero-order valence-corrected chi connectivity index (χ0v) is 34.1. The number of anilines is 4. The Morgan fingerprint density at radius 2 is 1.88 bits per heavy atom. The Morgan fingerprint density at radius 3 is 2.58 bits per heavy atom. The lowest BCUT2D eigenvalue weighted by molar-refractivity contribution is -0.893. The Kier molecular flexibility index (Phi) is 14.8. The molecule has 5 aromatic rings. The number of hydrogen-bond acceptors (Lipinski definition) is 14. The summed E-state index contributed by atoms with van der Waals surface area (Å²) in [6, 6.07) is 13.9. The van der Waals surface area contributed by atoms with E-state index in [2.05, 4.69) is 25.5 Å². The van der Waals surface area contributed by atoms with E-state index in [-0.39, 0.29) is 36.6 Å². The van der Waals surface area contributed by atoms with Gasteiger partial charge >= 0.3 is 5.97 Å². The van der Waals surface area contributed by atoms with Crippen LogP contribution in [0.1, 0.15) is 52.2 Å². The molecule has 0 aliphatic carbocycles. The van der Waals surface area contributed by atoms with Gasteiger partial charge in [-0.25, -0.2) is 19.2 Å². The molecule has 0 bridgehead atoms. The van der Waals surface area contributed by atoms with Gasteiger partial charge in [0.25, 0.3) is 10.1 Å². The van der Waals surface area contributed by atoms with E-state index < -0.39 is 28.0 Å². The summed E-state index contributed by atoms with van der Waals surface area (Å²) in [5.41, 5.74) is 1.98. The number of nitrogens with one attached hydrogen (secondary N) is 1. The number of rotatable bonds is 22. The van der Waals surface area contributed by atoms with Crippen LogP contribution in [-0.4, -0.2) is 112 Å². The number of ether oxygens (including phenoxy) is 1. The topological polar surface area (TPSA) is 205 Å². The first kappa shape index (κ1) is 43.2. The van der Waals surface area contributed by atoms with Crippen molar-refractivity contribution in [2.24, 2.45) is 0 Å². The van der Waals surface area contributed by atoms with Gasteiger partial charge in [-0.15, -0.1) is 21.5 Å². The molecule has 2 aromatic carbocycles. The number of nitrogens with zero attached hydrogens (tertiary/aromatic N) is 6. The van der Waals surface area contributed by atoms with Crippen LogP contribution in [0, 0.1) is 12.7 Å². The molecule has 3 heterocycles. The van der Waals surface area contributed by atoms with E-state index in [0.29, 0.717) is 82.0 Å². The monoisotopic (exact) mass is 842 g/mol. The van der Waals surface area contributed by atoms with E-state index in [1.54, 1.807) is 11.0 Å². The smallest absolute Gasteiger partial charge is 0.355 e. The summed E-state index contributed by atoms with van der Waals surface area (Å²) in [7, 11) is -0.329. The number of allylic oxidation sites excluding steroid dienone is 1. The van der Waals surface area contributed by atoms with E-state index in [0.717, 1.165) is 15.8 Å². The van der Waals surface area contributed by atoms with E-state index in [1.807, 2.05) is 51.4 Å². The van der Waals surface area contributed by atoms with E-state index in [1.165, 1.54) is 47.0 Å². The number of quaternary nitrogens is 1. The van der Waals surface area contributed by atoms with Crippen LogP contribution < -0.4 is 15.0 Å². The molecule has 0 saturated heterocycles. The Morgan fingerprint density at radius 1 is 1.09 bits per heavy atom. The average Bonchev–Trinajstić information content (AvgIpc) is 3.76. The number of aromatic nitrogens is 4. The highest BCUT2D eigenvalue weighted by atomic mass is 32.2. The number of carbonyl (C=O) groups is 2. The maximum absolute atomic E-state index is 14.6. The Balaban J connectivity index is 1.32. The van der Waals surface area contributed by atoms with Gasteiger partial charge in [-0.1, -0.05) is 35.6 Å². The van der Waals surface area contributed by atoms with Crippen LogP contribution >= 0.6 is 22.7 Å². The number of aromatic carboxylic acids is 1. The number of hydrogen-bond donors (Lipinski definition) is 4. The second-order valence-electron chi connectivity index (χ2n) is 14.0. The molecule has 0 saturated carbocycles. The molecular weight excluding hydrogens is 798 g/mol. The van der Waals surface area contributed by atoms with Crippen molar-refractivity contribution < 1.29 is 46.4 Å². The number of para-hydroxylation sites is 1. The third-order valence-corrected chi connectivity index (χ3v) is 11.7. The average molecular weight is 843 g/mol. The molecule has 19 heteroatoms. The molecule has 1 unspecified atom stereocenters. The standard InChI is InChI=1S/C38H44FN7O8S3/c1-25-22-33(43-44-35(25)42-37-40-29-12-4-5-13-31(29)55-37)45(17-6-11-27(48)24-46(2,3)18-9-21-57(51,52)53)38-41-34(36(49)50)32(56-38)14-8-20-54-30-16-15-26(10-7-19-47)23-28(30)39/h4-5,7,10,12-13,15-16,19,22-23,27,48H,6,8-9,11,14,17-18,20-21,24H2,1-3H3,(H2-,40,42,44,49,50,51,52,53)/p+1/b10-7+. The summed E-state index contributed by atoms with van der Waals surface area (Å²) < 4.78 is 53.0. The number of aliphatic hydroxyl groups is 1. The third kappa shape index (κ3) is 12.8. The maximum atomic E-state index is 14.6. The van der Waals surface area contributed by atoms with Crippen LogP contribution in [0.15, 0.2) is 54.6 Å². The number of halogens is 1. The molecule has 0 radical (unpaired) electrons. The number of aryl methyl sites for hydroxylation is 2. The summed E-state index contributed by atoms with van der Waals surface area (Å²) in [4.78, 5) is 34.4. The van der Waals surface area contributed by atoms with Crippen molar-refractivity contribution in [3.05, 3.63) is 82.1 Å². The fourth-order valence-electron chi connectivity index (χ4n) is 6.07. The predicted molar refractivity (Wildman–Crippen MR) is 219 cm³/mol. The number of carboxylic acid groups (broad SMARTS) is 1. The van der Waals surface area contributed by atoms with Gasteiger partial charge in [0.2, 0.25) is 0 Å². The molecule has 304 valence electrons. The highest BCUT2D eigenvalue weighted by Crippen LogP contribution is 2.34. The highest BCUT2D eigenvalue weighted by molar-refractivity contribution is 7.85. The van der Waals surface area contributed by atoms with E-state index in [9.17, 15) is 32.6 Å². The molecule has 15 nitrogen and oxygen atoms in total. The van der Waals surface area contributed by atoms with Crippen LogP contribution in [0.2, 0.25) is 0 Å². The molecule has 0 amide bonds. The number of likely N-dealkylation sites (N-methyl/N-ethyl adjacent to an activating group) is 1. The van der Waals surface area contributed by atoms with Crippen LogP contribution in [0.4, 0.5) is 26.3 Å². The molecule has 57 heavy (non-hydrogen) atoms. The van der Waals surface area contributed by atoms with Crippen molar-refractivity contribution in [3.63, 3.8) is 0 Å². The van der Waals surface area contributed by atoms with Gasteiger partial charge in [0, 0.05) is 17.8 Å². The minimum Gasteiger partial charge on any atom is -0.491 e. The maximum Gasteiger partial charge on any atom is 0.355 e. The van der Waals surface area contributed by atoms with Gasteiger partial charge in [0.15, 0.2) is 39.2 Å². The number of fused-ring (bicyclic) bond motifs is 1. The van der Waals surface area contributed by atoms with Crippen molar-refractivity contribution in [1.82, 2.24) is 20.2 Å². The summed E-state index contributed by atoms with van der Waals surface area (Å²) in [5, 5.41) is 34.3. The van der Waals surface area contributed by atoms with Gasteiger partial charge in [-0.3, -0.25) is 9.35 Å². The number of carbonyl (C=O) groups excluding carboxylic acids is 1. The van der Waals surface area contributed by atoms with Crippen LogP contribution in [-0.2, 0) is 21.3 Å².